The Bertz CT molecular complexity index is 625. The molecule has 2 aromatic rings. The van der Waals surface area contributed by atoms with Gasteiger partial charge in [-0.25, -0.2) is 0 Å². The molecule has 1 N–H and O–H groups in total. The Morgan fingerprint density at radius 2 is 1.86 bits per heavy atom. The van der Waals surface area contributed by atoms with Crippen molar-refractivity contribution in [2.75, 3.05) is 13.1 Å². The monoisotopic (exact) mass is 289 g/mol. The van der Waals surface area contributed by atoms with Gasteiger partial charge in [0.1, 0.15) is 5.58 Å². The molecule has 0 spiro atoms. The molecule has 0 atom stereocenters. The highest BCUT2D eigenvalue weighted by molar-refractivity contribution is 5.96. The van der Waals surface area contributed by atoms with Crippen LogP contribution in [0.1, 0.15) is 42.5 Å². The smallest absolute Gasteiger partial charge is 0.289 e. The largest absolute Gasteiger partial charge is 0.451 e. The second kappa shape index (κ2) is 5.53. The number of aryl methyl sites for hydroxylation is 2. The number of fused-ring (bicyclic) bond motifs is 1. The zero-order valence-corrected chi connectivity index (χ0v) is 13.4. The minimum Gasteiger partial charge on any atom is -0.451 e. The second-order valence-corrected chi connectivity index (χ2v) is 6.22. The summed E-state index contributed by atoms with van der Waals surface area (Å²) in [6.45, 7) is 10.1. The van der Waals surface area contributed by atoms with E-state index in [1.165, 1.54) is 5.56 Å². The van der Waals surface area contributed by atoms with Crippen molar-refractivity contribution in [3.05, 3.63) is 35.1 Å². The number of rotatable bonds is 4. The van der Waals surface area contributed by atoms with Crippen LogP contribution in [-0.2, 0) is 0 Å². The average Bonchev–Trinajstić information content (AvgIpc) is 2.77. The zero-order chi connectivity index (χ0) is 15.8. The van der Waals surface area contributed by atoms with Crippen molar-refractivity contribution >= 4 is 16.9 Å². The maximum atomic E-state index is 12.5. The SMILES string of the molecule is CCN(CC(C)(C)O)C(=O)c1cc2cc(C)c(C)cc2o1. The molecular weight excluding hydrogens is 266 g/mol. The Kier molecular flexibility index (Phi) is 4.10. The van der Waals surface area contributed by atoms with Crippen LogP contribution in [-0.4, -0.2) is 34.6 Å². The van der Waals surface area contributed by atoms with Crippen molar-refractivity contribution in [1.82, 2.24) is 4.90 Å². The molecule has 1 heterocycles. The first kappa shape index (κ1) is 15.6. The zero-order valence-electron chi connectivity index (χ0n) is 13.4. The van der Waals surface area contributed by atoms with Gasteiger partial charge in [0.25, 0.3) is 5.91 Å². The number of amides is 1. The van der Waals surface area contributed by atoms with Gasteiger partial charge < -0.3 is 14.4 Å². The molecule has 0 aliphatic rings. The number of hydrogen-bond donors (Lipinski definition) is 1. The van der Waals surface area contributed by atoms with Gasteiger partial charge in [-0.2, -0.15) is 0 Å². The van der Waals surface area contributed by atoms with Gasteiger partial charge in [0, 0.05) is 18.5 Å². The predicted molar refractivity (Wildman–Crippen MR) is 83.6 cm³/mol. The van der Waals surface area contributed by atoms with Crippen molar-refractivity contribution in [2.24, 2.45) is 0 Å². The predicted octanol–water partition coefficient (Wildman–Crippen LogP) is 3.28. The van der Waals surface area contributed by atoms with E-state index >= 15 is 0 Å². The van der Waals surface area contributed by atoms with E-state index in [1.807, 2.05) is 32.9 Å². The van der Waals surface area contributed by atoms with Crippen LogP contribution >= 0.6 is 0 Å². The van der Waals surface area contributed by atoms with E-state index in [9.17, 15) is 9.90 Å². The molecule has 0 aliphatic carbocycles. The Hall–Kier alpha value is -1.81. The number of benzene rings is 1. The van der Waals surface area contributed by atoms with Crippen LogP contribution in [0.4, 0.5) is 0 Å². The molecule has 0 bridgehead atoms. The molecule has 0 radical (unpaired) electrons. The molecular formula is C17H23NO3. The Morgan fingerprint density at radius 3 is 2.43 bits per heavy atom. The molecule has 1 aromatic carbocycles. The van der Waals surface area contributed by atoms with Gasteiger partial charge in [0.05, 0.1) is 5.60 Å². The lowest BCUT2D eigenvalue weighted by Crippen LogP contribution is -2.42. The van der Waals surface area contributed by atoms with E-state index in [-0.39, 0.29) is 12.5 Å². The number of carbonyl (C=O) groups is 1. The van der Waals surface area contributed by atoms with E-state index in [1.54, 1.807) is 24.8 Å². The Balaban J connectivity index is 2.34. The maximum Gasteiger partial charge on any atom is 0.289 e. The summed E-state index contributed by atoms with van der Waals surface area (Å²) in [7, 11) is 0. The van der Waals surface area contributed by atoms with Gasteiger partial charge in [-0.05, 0) is 63.9 Å². The summed E-state index contributed by atoms with van der Waals surface area (Å²) in [6, 6.07) is 5.75. The lowest BCUT2D eigenvalue weighted by atomic mass is 10.1. The molecule has 21 heavy (non-hydrogen) atoms. The molecule has 0 fully saturated rings. The molecule has 0 aliphatic heterocycles. The van der Waals surface area contributed by atoms with Crippen molar-refractivity contribution in [1.29, 1.82) is 0 Å². The minimum atomic E-state index is -0.926. The highest BCUT2D eigenvalue weighted by Gasteiger charge is 2.24. The van der Waals surface area contributed by atoms with E-state index in [2.05, 4.69) is 0 Å². The van der Waals surface area contributed by atoms with Crippen molar-refractivity contribution in [2.45, 2.75) is 40.2 Å². The second-order valence-electron chi connectivity index (χ2n) is 6.22. The van der Waals surface area contributed by atoms with Crippen LogP contribution in [0.2, 0.25) is 0 Å². The average molecular weight is 289 g/mol. The number of carbonyl (C=O) groups excluding carboxylic acids is 1. The van der Waals surface area contributed by atoms with E-state index in [4.69, 9.17) is 4.42 Å². The number of furan rings is 1. The first-order chi connectivity index (χ1) is 9.71. The van der Waals surface area contributed by atoms with Gasteiger partial charge in [-0.1, -0.05) is 0 Å². The summed E-state index contributed by atoms with van der Waals surface area (Å²) in [5.74, 6) is 0.132. The quantitative estimate of drug-likeness (QED) is 0.939. The lowest BCUT2D eigenvalue weighted by Gasteiger charge is -2.27. The van der Waals surface area contributed by atoms with Gasteiger partial charge >= 0.3 is 0 Å². The van der Waals surface area contributed by atoms with E-state index < -0.39 is 5.60 Å². The highest BCUT2D eigenvalue weighted by Crippen LogP contribution is 2.24. The van der Waals surface area contributed by atoms with E-state index in [0.29, 0.717) is 12.3 Å². The van der Waals surface area contributed by atoms with Crippen molar-refractivity contribution in [3.63, 3.8) is 0 Å². The number of likely N-dealkylation sites (N-methyl/N-ethyl adjacent to an activating group) is 1. The third-order valence-electron chi connectivity index (χ3n) is 3.59. The first-order valence-corrected chi connectivity index (χ1v) is 7.23. The van der Waals surface area contributed by atoms with Crippen LogP contribution in [0.5, 0.6) is 0 Å². The summed E-state index contributed by atoms with van der Waals surface area (Å²) in [5, 5.41) is 10.8. The van der Waals surface area contributed by atoms with Crippen LogP contribution < -0.4 is 0 Å². The van der Waals surface area contributed by atoms with Gasteiger partial charge in [-0.15, -0.1) is 0 Å². The number of aliphatic hydroxyl groups is 1. The first-order valence-electron chi connectivity index (χ1n) is 7.23. The molecule has 4 heteroatoms. The molecule has 0 unspecified atom stereocenters. The highest BCUT2D eigenvalue weighted by atomic mass is 16.3. The number of nitrogens with zero attached hydrogens (tertiary/aromatic N) is 1. The van der Waals surface area contributed by atoms with Crippen LogP contribution in [0.25, 0.3) is 11.0 Å². The topological polar surface area (TPSA) is 53.7 Å². The molecule has 0 saturated heterocycles. The van der Waals surface area contributed by atoms with Crippen LogP contribution in [0, 0.1) is 13.8 Å². The van der Waals surface area contributed by atoms with Crippen LogP contribution in [0.15, 0.2) is 22.6 Å². The fourth-order valence-electron chi connectivity index (χ4n) is 2.36. The van der Waals surface area contributed by atoms with Crippen LogP contribution in [0.3, 0.4) is 0 Å². The maximum absolute atomic E-state index is 12.5. The number of hydrogen-bond acceptors (Lipinski definition) is 3. The summed E-state index contributed by atoms with van der Waals surface area (Å²) >= 11 is 0. The lowest BCUT2D eigenvalue weighted by molar-refractivity contribution is 0.0299. The third-order valence-corrected chi connectivity index (χ3v) is 3.59. The Morgan fingerprint density at radius 1 is 1.24 bits per heavy atom. The van der Waals surface area contributed by atoms with Gasteiger partial charge in [0.15, 0.2) is 5.76 Å². The fraction of sp³-hybridized carbons (Fsp3) is 0.471. The molecule has 4 nitrogen and oxygen atoms in total. The van der Waals surface area contributed by atoms with Crippen molar-refractivity contribution < 1.29 is 14.3 Å². The van der Waals surface area contributed by atoms with Crippen molar-refractivity contribution in [3.8, 4) is 0 Å². The molecule has 1 aromatic heterocycles. The normalized spacial score (nSPS) is 11.9. The molecule has 0 saturated carbocycles. The Labute approximate surface area is 125 Å². The van der Waals surface area contributed by atoms with E-state index in [0.717, 1.165) is 16.5 Å². The summed E-state index contributed by atoms with van der Waals surface area (Å²) in [4.78, 5) is 14.1. The van der Waals surface area contributed by atoms with Gasteiger partial charge in [-0.3, -0.25) is 4.79 Å². The third kappa shape index (κ3) is 3.45. The summed E-state index contributed by atoms with van der Waals surface area (Å²) in [6.07, 6.45) is 0. The summed E-state index contributed by atoms with van der Waals surface area (Å²) < 4.78 is 5.69. The van der Waals surface area contributed by atoms with Gasteiger partial charge in [0.2, 0.25) is 0 Å². The fourth-order valence-corrected chi connectivity index (χ4v) is 2.36. The molecule has 1 amide bonds. The minimum absolute atomic E-state index is 0.189. The standard InChI is InChI=1S/C17H23NO3/c1-6-18(10-17(4,5)20)16(19)15-9-13-7-11(2)12(3)8-14(13)21-15/h7-9,20H,6,10H2,1-5H3. The summed E-state index contributed by atoms with van der Waals surface area (Å²) in [5.41, 5.74) is 2.11. The molecule has 2 rings (SSSR count). The molecule has 114 valence electrons.